The Labute approximate surface area is 106 Å². The lowest BCUT2D eigenvalue weighted by Gasteiger charge is -2.40. The Morgan fingerprint density at radius 2 is 2.28 bits per heavy atom. The lowest BCUT2D eigenvalue weighted by atomic mass is 9.97. The summed E-state index contributed by atoms with van der Waals surface area (Å²) in [5.41, 5.74) is 0. The molecule has 18 heavy (non-hydrogen) atoms. The van der Waals surface area contributed by atoms with Gasteiger partial charge in [0, 0.05) is 6.92 Å². The molecule has 6 heteroatoms. The zero-order valence-corrected chi connectivity index (χ0v) is 10.1. The topological polar surface area (TPSA) is 88.0 Å². The average Bonchev–Trinajstić information content (AvgIpc) is 2.33. The van der Waals surface area contributed by atoms with Crippen LogP contribution in [0.4, 0.5) is 0 Å². The molecular weight excluding hydrogens is 238 g/mol. The van der Waals surface area contributed by atoms with Crippen molar-refractivity contribution in [3.05, 3.63) is 12.7 Å². The second-order valence-electron chi connectivity index (χ2n) is 3.92. The van der Waals surface area contributed by atoms with E-state index in [0.29, 0.717) is 0 Å². The van der Waals surface area contributed by atoms with Gasteiger partial charge in [0.15, 0.2) is 6.29 Å². The van der Waals surface area contributed by atoms with Gasteiger partial charge < -0.3 is 25.0 Å². The Kier molecular flexibility index (Phi) is 5.31. The summed E-state index contributed by atoms with van der Waals surface area (Å²) in [4.78, 5) is 11.1. The standard InChI is InChI=1S/C12H17NO5/c1-4-6-17-12-9(13-7(3)14)11(16)10(15)8(5-2)18-12/h2,4,8-12,15-16H,1,6H2,3H3,(H,13,14). The average molecular weight is 255 g/mol. The molecule has 0 aromatic carbocycles. The van der Waals surface area contributed by atoms with E-state index >= 15 is 0 Å². The lowest BCUT2D eigenvalue weighted by Crippen LogP contribution is -2.63. The Hall–Kier alpha value is -1.39. The van der Waals surface area contributed by atoms with Crippen molar-refractivity contribution in [3.63, 3.8) is 0 Å². The van der Waals surface area contributed by atoms with Crippen molar-refractivity contribution < 1.29 is 24.5 Å². The maximum absolute atomic E-state index is 11.1. The number of carbonyl (C=O) groups is 1. The molecule has 1 aliphatic heterocycles. The summed E-state index contributed by atoms with van der Waals surface area (Å²) in [6.07, 6.45) is 2.21. The summed E-state index contributed by atoms with van der Waals surface area (Å²) in [6, 6.07) is -0.887. The second kappa shape index (κ2) is 6.52. The third kappa shape index (κ3) is 3.31. The molecule has 3 N–H and O–H groups in total. The molecule has 0 radical (unpaired) electrons. The summed E-state index contributed by atoms with van der Waals surface area (Å²) in [5.74, 6) is 1.84. The Morgan fingerprint density at radius 3 is 2.78 bits per heavy atom. The van der Waals surface area contributed by atoms with Crippen molar-refractivity contribution in [3.8, 4) is 12.3 Å². The van der Waals surface area contributed by atoms with E-state index in [-0.39, 0.29) is 12.5 Å². The van der Waals surface area contributed by atoms with Gasteiger partial charge in [-0.2, -0.15) is 0 Å². The highest BCUT2D eigenvalue weighted by Crippen LogP contribution is 2.21. The lowest BCUT2D eigenvalue weighted by molar-refractivity contribution is -0.247. The Bertz CT molecular complexity index is 351. The van der Waals surface area contributed by atoms with Crippen LogP contribution in [0.2, 0.25) is 0 Å². The van der Waals surface area contributed by atoms with Crippen LogP contribution >= 0.6 is 0 Å². The molecule has 5 atom stereocenters. The number of terminal acetylenes is 1. The number of rotatable bonds is 4. The largest absolute Gasteiger partial charge is 0.388 e. The van der Waals surface area contributed by atoms with Crippen LogP contribution in [0.3, 0.4) is 0 Å². The van der Waals surface area contributed by atoms with E-state index < -0.39 is 30.6 Å². The SMILES string of the molecule is C#CC1OC(OCC=C)C(NC(C)=O)C(O)C1O. The number of nitrogens with one attached hydrogen (secondary N) is 1. The van der Waals surface area contributed by atoms with Crippen molar-refractivity contribution in [1.29, 1.82) is 0 Å². The van der Waals surface area contributed by atoms with Gasteiger partial charge in [0.25, 0.3) is 0 Å². The van der Waals surface area contributed by atoms with Crippen LogP contribution in [0.25, 0.3) is 0 Å². The molecule has 5 unspecified atom stereocenters. The van der Waals surface area contributed by atoms with Gasteiger partial charge in [-0.05, 0) is 0 Å². The predicted molar refractivity (Wildman–Crippen MR) is 63.3 cm³/mol. The molecule has 0 aromatic rings. The number of ether oxygens (including phenoxy) is 2. The molecule has 6 nitrogen and oxygen atoms in total. The van der Waals surface area contributed by atoms with Crippen LogP contribution in [-0.2, 0) is 14.3 Å². The third-order valence-corrected chi connectivity index (χ3v) is 2.51. The first-order valence-electron chi connectivity index (χ1n) is 5.48. The van der Waals surface area contributed by atoms with Gasteiger partial charge in [-0.3, -0.25) is 4.79 Å². The molecule has 0 aromatic heterocycles. The molecule has 1 aliphatic rings. The van der Waals surface area contributed by atoms with Gasteiger partial charge in [0.1, 0.15) is 24.4 Å². The molecule has 100 valence electrons. The minimum atomic E-state index is -1.28. The summed E-state index contributed by atoms with van der Waals surface area (Å²) >= 11 is 0. The molecular formula is C12H17NO5. The van der Waals surface area contributed by atoms with Crippen LogP contribution < -0.4 is 5.32 Å². The summed E-state index contributed by atoms with van der Waals surface area (Å²) in [7, 11) is 0. The van der Waals surface area contributed by atoms with E-state index in [1.165, 1.54) is 13.0 Å². The smallest absolute Gasteiger partial charge is 0.217 e. The zero-order chi connectivity index (χ0) is 13.7. The first kappa shape index (κ1) is 14.7. The van der Waals surface area contributed by atoms with Crippen LogP contribution in [-0.4, -0.2) is 53.4 Å². The van der Waals surface area contributed by atoms with E-state index in [4.69, 9.17) is 15.9 Å². The number of hydrogen-bond acceptors (Lipinski definition) is 5. The second-order valence-corrected chi connectivity index (χ2v) is 3.92. The quantitative estimate of drug-likeness (QED) is 0.432. The number of amides is 1. The van der Waals surface area contributed by atoms with Gasteiger partial charge in [0.05, 0.1) is 6.61 Å². The molecule has 0 saturated carbocycles. The number of aliphatic hydroxyl groups is 2. The summed E-state index contributed by atoms with van der Waals surface area (Å²) < 4.78 is 10.6. The first-order chi connectivity index (χ1) is 8.51. The molecule has 0 spiro atoms. The highest BCUT2D eigenvalue weighted by atomic mass is 16.7. The fourth-order valence-electron chi connectivity index (χ4n) is 1.69. The van der Waals surface area contributed by atoms with Gasteiger partial charge in [0.2, 0.25) is 5.91 Å². The molecule has 0 aliphatic carbocycles. The minimum absolute atomic E-state index is 0.168. The van der Waals surface area contributed by atoms with Crippen molar-refractivity contribution in [2.75, 3.05) is 6.61 Å². The van der Waals surface area contributed by atoms with E-state index in [1.54, 1.807) is 0 Å². The van der Waals surface area contributed by atoms with Gasteiger partial charge >= 0.3 is 0 Å². The minimum Gasteiger partial charge on any atom is -0.388 e. The monoisotopic (exact) mass is 255 g/mol. The molecule has 1 heterocycles. The maximum Gasteiger partial charge on any atom is 0.217 e. The van der Waals surface area contributed by atoms with Crippen LogP contribution in [0.15, 0.2) is 12.7 Å². The van der Waals surface area contributed by atoms with Gasteiger partial charge in [-0.25, -0.2) is 0 Å². The highest BCUT2D eigenvalue weighted by Gasteiger charge is 2.44. The number of hydrogen-bond donors (Lipinski definition) is 3. The summed E-state index contributed by atoms with van der Waals surface area (Å²) in [6.45, 7) is 4.94. The van der Waals surface area contributed by atoms with Crippen LogP contribution in [0, 0.1) is 12.3 Å². The van der Waals surface area contributed by atoms with Crippen LogP contribution in [0.5, 0.6) is 0 Å². The van der Waals surface area contributed by atoms with E-state index in [2.05, 4.69) is 17.8 Å². The van der Waals surface area contributed by atoms with Crippen molar-refractivity contribution >= 4 is 5.91 Å². The Balaban J connectivity index is 2.83. The summed E-state index contributed by atoms with van der Waals surface area (Å²) in [5, 5.41) is 22.1. The molecule has 1 rings (SSSR count). The molecule has 1 fully saturated rings. The predicted octanol–water partition coefficient (Wildman–Crippen LogP) is -1.23. The normalized spacial score (nSPS) is 35.6. The fourth-order valence-corrected chi connectivity index (χ4v) is 1.69. The van der Waals surface area contributed by atoms with Crippen molar-refractivity contribution in [1.82, 2.24) is 5.32 Å². The molecule has 1 amide bonds. The van der Waals surface area contributed by atoms with E-state index in [9.17, 15) is 15.0 Å². The highest BCUT2D eigenvalue weighted by molar-refractivity contribution is 5.73. The third-order valence-electron chi connectivity index (χ3n) is 2.51. The molecule has 1 saturated heterocycles. The van der Waals surface area contributed by atoms with Crippen LogP contribution in [0.1, 0.15) is 6.92 Å². The molecule has 0 bridgehead atoms. The van der Waals surface area contributed by atoms with Gasteiger partial charge in [-0.1, -0.05) is 12.0 Å². The first-order valence-corrected chi connectivity index (χ1v) is 5.48. The number of carbonyl (C=O) groups excluding carboxylic acids is 1. The van der Waals surface area contributed by atoms with E-state index in [1.807, 2.05) is 0 Å². The number of aliphatic hydroxyl groups excluding tert-OH is 2. The fraction of sp³-hybridized carbons (Fsp3) is 0.583. The van der Waals surface area contributed by atoms with Crippen molar-refractivity contribution in [2.45, 2.75) is 37.6 Å². The zero-order valence-electron chi connectivity index (χ0n) is 10.1. The Morgan fingerprint density at radius 1 is 1.61 bits per heavy atom. The van der Waals surface area contributed by atoms with Crippen molar-refractivity contribution in [2.24, 2.45) is 0 Å². The maximum atomic E-state index is 11.1. The van der Waals surface area contributed by atoms with E-state index in [0.717, 1.165) is 0 Å². The van der Waals surface area contributed by atoms with Gasteiger partial charge in [-0.15, -0.1) is 13.0 Å².